The summed E-state index contributed by atoms with van der Waals surface area (Å²) in [6.07, 6.45) is 1.60. The fraction of sp³-hybridized carbons (Fsp3) is 0.600. The first-order valence-electron chi connectivity index (χ1n) is 6.91. The maximum absolute atomic E-state index is 11.4. The molecule has 5 heteroatoms. The average molecular weight is 299 g/mol. The van der Waals surface area contributed by atoms with E-state index in [-0.39, 0.29) is 4.90 Å². The van der Waals surface area contributed by atoms with Crippen LogP contribution in [-0.4, -0.2) is 32.4 Å². The van der Waals surface area contributed by atoms with E-state index < -0.39 is 15.9 Å². The molecule has 1 rings (SSSR count). The van der Waals surface area contributed by atoms with Gasteiger partial charge in [-0.1, -0.05) is 26.0 Å². The molecule has 1 aromatic rings. The lowest BCUT2D eigenvalue weighted by molar-refractivity contribution is 0.169. The lowest BCUT2D eigenvalue weighted by Crippen LogP contribution is -2.31. The molecule has 20 heavy (non-hydrogen) atoms. The number of benzene rings is 1. The van der Waals surface area contributed by atoms with Crippen LogP contribution in [0.1, 0.15) is 38.9 Å². The predicted molar refractivity (Wildman–Crippen MR) is 81.4 cm³/mol. The minimum Gasteiger partial charge on any atom is -0.387 e. The Balaban J connectivity index is 2.58. The van der Waals surface area contributed by atoms with Crippen molar-refractivity contribution < 1.29 is 13.5 Å². The molecule has 1 aromatic carbocycles. The number of aliphatic hydroxyl groups is 1. The van der Waals surface area contributed by atoms with Gasteiger partial charge in [0.1, 0.15) is 0 Å². The molecule has 0 radical (unpaired) electrons. The Morgan fingerprint density at radius 2 is 1.70 bits per heavy atom. The maximum atomic E-state index is 11.4. The van der Waals surface area contributed by atoms with Crippen LogP contribution < -0.4 is 5.32 Å². The van der Waals surface area contributed by atoms with Crippen LogP contribution in [0.25, 0.3) is 0 Å². The monoisotopic (exact) mass is 299 g/mol. The van der Waals surface area contributed by atoms with Crippen molar-refractivity contribution in [2.45, 2.75) is 44.2 Å². The molecule has 2 N–H and O–H groups in total. The van der Waals surface area contributed by atoms with Crippen molar-refractivity contribution in [1.29, 1.82) is 0 Å². The summed E-state index contributed by atoms with van der Waals surface area (Å²) in [4.78, 5) is 0.273. The van der Waals surface area contributed by atoms with E-state index in [1.165, 1.54) is 18.4 Å². The minimum absolute atomic E-state index is 0.273. The van der Waals surface area contributed by atoms with Crippen LogP contribution in [-0.2, 0) is 9.84 Å². The van der Waals surface area contributed by atoms with E-state index in [4.69, 9.17) is 0 Å². The highest BCUT2D eigenvalue weighted by atomic mass is 32.2. The van der Waals surface area contributed by atoms with Crippen LogP contribution in [0.5, 0.6) is 0 Å². The van der Waals surface area contributed by atoms with Crippen LogP contribution in [0, 0.1) is 5.92 Å². The SMILES string of the molecule is CC(C)CC(C)NCC(O)c1ccc(S(C)(=O)=O)cc1. The van der Waals surface area contributed by atoms with Crippen molar-refractivity contribution in [1.82, 2.24) is 5.32 Å². The summed E-state index contributed by atoms with van der Waals surface area (Å²) in [6.45, 7) is 6.89. The van der Waals surface area contributed by atoms with Gasteiger partial charge in [-0.2, -0.15) is 0 Å². The Bertz CT molecular complexity index is 508. The number of aliphatic hydroxyl groups excluding tert-OH is 1. The molecule has 0 aromatic heterocycles. The van der Waals surface area contributed by atoms with E-state index in [9.17, 15) is 13.5 Å². The van der Waals surface area contributed by atoms with Crippen LogP contribution in [0.3, 0.4) is 0 Å². The Morgan fingerprint density at radius 1 is 1.15 bits per heavy atom. The molecular formula is C15H25NO3S. The highest BCUT2D eigenvalue weighted by Crippen LogP contribution is 2.16. The van der Waals surface area contributed by atoms with Gasteiger partial charge in [0.15, 0.2) is 9.84 Å². The quantitative estimate of drug-likeness (QED) is 0.809. The van der Waals surface area contributed by atoms with Crippen molar-refractivity contribution in [3.8, 4) is 0 Å². The highest BCUT2D eigenvalue weighted by molar-refractivity contribution is 7.90. The van der Waals surface area contributed by atoms with E-state index in [0.29, 0.717) is 18.5 Å². The summed E-state index contributed by atoms with van der Waals surface area (Å²) in [6, 6.07) is 6.74. The molecule has 0 spiro atoms. The largest absolute Gasteiger partial charge is 0.387 e. The van der Waals surface area contributed by atoms with Gasteiger partial charge in [-0.15, -0.1) is 0 Å². The molecule has 0 amide bonds. The van der Waals surface area contributed by atoms with Gasteiger partial charge >= 0.3 is 0 Å². The van der Waals surface area contributed by atoms with E-state index in [0.717, 1.165) is 12.0 Å². The van der Waals surface area contributed by atoms with Crippen LogP contribution >= 0.6 is 0 Å². The Kier molecular flexibility index (Phi) is 6.17. The van der Waals surface area contributed by atoms with Gasteiger partial charge in [0, 0.05) is 18.8 Å². The highest BCUT2D eigenvalue weighted by Gasteiger charge is 2.12. The van der Waals surface area contributed by atoms with Crippen molar-refractivity contribution in [3.63, 3.8) is 0 Å². The van der Waals surface area contributed by atoms with E-state index in [2.05, 4.69) is 26.1 Å². The number of hydrogen-bond donors (Lipinski definition) is 2. The first-order chi connectivity index (χ1) is 9.20. The Morgan fingerprint density at radius 3 is 2.15 bits per heavy atom. The maximum Gasteiger partial charge on any atom is 0.175 e. The molecule has 114 valence electrons. The first-order valence-corrected chi connectivity index (χ1v) is 8.80. The van der Waals surface area contributed by atoms with Crippen molar-refractivity contribution in [3.05, 3.63) is 29.8 Å². The number of sulfone groups is 1. The molecule has 0 heterocycles. The molecule has 0 saturated heterocycles. The van der Waals surface area contributed by atoms with Gasteiger partial charge in [0.25, 0.3) is 0 Å². The number of nitrogens with one attached hydrogen (secondary N) is 1. The van der Waals surface area contributed by atoms with Gasteiger partial charge in [-0.25, -0.2) is 8.42 Å². The van der Waals surface area contributed by atoms with Crippen molar-refractivity contribution in [2.75, 3.05) is 12.8 Å². The van der Waals surface area contributed by atoms with Gasteiger partial charge in [0.2, 0.25) is 0 Å². The molecule has 2 unspecified atom stereocenters. The molecule has 0 fully saturated rings. The van der Waals surface area contributed by atoms with Crippen LogP contribution in [0.4, 0.5) is 0 Å². The second kappa shape index (κ2) is 7.20. The van der Waals surface area contributed by atoms with Gasteiger partial charge in [0.05, 0.1) is 11.0 Å². The molecule has 2 atom stereocenters. The molecule has 0 aliphatic carbocycles. The van der Waals surface area contributed by atoms with E-state index >= 15 is 0 Å². The molecule has 0 aliphatic rings. The third-order valence-corrected chi connectivity index (χ3v) is 4.31. The smallest absolute Gasteiger partial charge is 0.175 e. The lowest BCUT2D eigenvalue weighted by Gasteiger charge is -2.19. The predicted octanol–water partition coefficient (Wildman–Crippen LogP) is 2.15. The molecule has 0 bridgehead atoms. The zero-order chi connectivity index (χ0) is 15.3. The Labute approximate surface area is 122 Å². The average Bonchev–Trinajstić information content (AvgIpc) is 2.34. The zero-order valence-corrected chi connectivity index (χ0v) is 13.4. The topological polar surface area (TPSA) is 66.4 Å². The normalized spacial score (nSPS) is 15.3. The third-order valence-electron chi connectivity index (χ3n) is 3.18. The summed E-state index contributed by atoms with van der Waals surface area (Å²) in [5.74, 6) is 0.615. The van der Waals surface area contributed by atoms with E-state index in [1.54, 1.807) is 12.1 Å². The van der Waals surface area contributed by atoms with E-state index in [1.807, 2.05) is 0 Å². The minimum atomic E-state index is -3.18. The van der Waals surface area contributed by atoms with Crippen LogP contribution in [0.15, 0.2) is 29.2 Å². The fourth-order valence-electron chi connectivity index (χ4n) is 2.16. The number of rotatable bonds is 7. The lowest BCUT2D eigenvalue weighted by atomic mass is 10.0. The molecule has 4 nitrogen and oxygen atoms in total. The summed E-state index contributed by atoms with van der Waals surface area (Å²) in [5.41, 5.74) is 0.724. The third kappa shape index (κ3) is 5.61. The van der Waals surface area contributed by atoms with Gasteiger partial charge < -0.3 is 10.4 Å². The molecule has 0 aliphatic heterocycles. The number of hydrogen-bond acceptors (Lipinski definition) is 4. The first kappa shape index (κ1) is 17.1. The fourth-order valence-corrected chi connectivity index (χ4v) is 2.79. The van der Waals surface area contributed by atoms with Crippen molar-refractivity contribution in [2.24, 2.45) is 5.92 Å². The molecular weight excluding hydrogens is 274 g/mol. The summed E-state index contributed by atoms with van der Waals surface area (Å²) >= 11 is 0. The summed E-state index contributed by atoms with van der Waals surface area (Å²) in [7, 11) is -3.18. The summed E-state index contributed by atoms with van der Waals surface area (Å²) in [5, 5.41) is 13.4. The zero-order valence-electron chi connectivity index (χ0n) is 12.6. The van der Waals surface area contributed by atoms with Crippen LogP contribution in [0.2, 0.25) is 0 Å². The molecule has 0 saturated carbocycles. The second-order valence-electron chi connectivity index (χ2n) is 5.80. The van der Waals surface area contributed by atoms with Gasteiger partial charge in [-0.05, 0) is 37.0 Å². The Hall–Kier alpha value is -0.910. The van der Waals surface area contributed by atoms with Crippen molar-refractivity contribution >= 4 is 9.84 Å². The van der Waals surface area contributed by atoms with Gasteiger partial charge in [-0.3, -0.25) is 0 Å². The summed E-state index contributed by atoms with van der Waals surface area (Å²) < 4.78 is 22.7. The second-order valence-corrected chi connectivity index (χ2v) is 7.81. The standard InChI is InChI=1S/C15H25NO3S/c1-11(2)9-12(3)16-10-15(17)13-5-7-14(8-6-13)20(4,18)19/h5-8,11-12,15-17H,9-10H2,1-4H3.